The molecule has 88 valence electrons. The van der Waals surface area contributed by atoms with Gasteiger partial charge in [0.2, 0.25) is 0 Å². The molecule has 1 amide bonds. The van der Waals surface area contributed by atoms with Crippen LogP contribution in [0.5, 0.6) is 0 Å². The minimum Gasteiger partial charge on any atom is -0.319 e. The Morgan fingerprint density at radius 3 is 2.94 bits per heavy atom. The maximum atomic E-state index is 11.9. The third kappa shape index (κ3) is 2.92. The van der Waals surface area contributed by atoms with E-state index < -0.39 is 0 Å². The SMILES string of the molecule is CCc1ccc(C(=O)Nc2cccnc2Br)s1. The van der Waals surface area contributed by atoms with Crippen LogP contribution < -0.4 is 5.32 Å². The van der Waals surface area contributed by atoms with Gasteiger partial charge in [0.05, 0.1) is 10.6 Å². The summed E-state index contributed by atoms with van der Waals surface area (Å²) in [6, 6.07) is 7.43. The molecule has 5 heteroatoms. The molecule has 0 aliphatic rings. The molecule has 2 heterocycles. The van der Waals surface area contributed by atoms with Crippen molar-refractivity contribution in [1.29, 1.82) is 0 Å². The zero-order chi connectivity index (χ0) is 12.3. The molecule has 0 bridgehead atoms. The molecular formula is C12H11BrN2OS. The Morgan fingerprint density at radius 2 is 2.29 bits per heavy atom. The number of aryl methyl sites for hydroxylation is 1. The lowest BCUT2D eigenvalue weighted by Gasteiger charge is -2.04. The zero-order valence-electron chi connectivity index (χ0n) is 9.24. The fourth-order valence-corrected chi connectivity index (χ4v) is 2.55. The van der Waals surface area contributed by atoms with Gasteiger partial charge in [0.1, 0.15) is 4.60 Å². The molecule has 0 saturated heterocycles. The van der Waals surface area contributed by atoms with E-state index in [1.165, 1.54) is 16.2 Å². The number of carbonyl (C=O) groups is 1. The number of halogens is 1. The number of anilines is 1. The van der Waals surface area contributed by atoms with E-state index in [0.29, 0.717) is 10.3 Å². The fourth-order valence-electron chi connectivity index (χ4n) is 1.35. The van der Waals surface area contributed by atoms with Crippen LogP contribution in [0.4, 0.5) is 5.69 Å². The number of pyridine rings is 1. The molecule has 0 aliphatic heterocycles. The van der Waals surface area contributed by atoms with Crippen LogP contribution in [0.2, 0.25) is 0 Å². The Hall–Kier alpha value is -1.20. The van der Waals surface area contributed by atoms with Gasteiger partial charge in [0, 0.05) is 11.1 Å². The molecule has 0 aromatic carbocycles. The molecule has 2 aromatic heterocycles. The lowest BCUT2D eigenvalue weighted by molar-refractivity contribution is 0.103. The van der Waals surface area contributed by atoms with E-state index in [4.69, 9.17) is 0 Å². The number of thiophene rings is 1. The van der Waals surface area contributed by atoms with E-state index in [1.807, 2.05) is 18.2 Å². The van der Waals surface area contributed by atoms with E-state index in [9.17, 15) is 4.79 Å². The van der Waals surface area contributed by atoms with E-state index >= 15 is 0 Å². The average Bonchev–Trinajstić information content (AvgIpc) is 2.81. The maximum absolute atomic E-state index is 11.9. The minimum atomic E-state index is -0.0941. The van der Waals surface area contributed by atoms with Gasteiger partial charge in [-0.1, -0.05) is 6.92 Å². The summed E-state index contributed by atoms with van der Waals surface area (Å²) in [5, 5.41) is 2.83. The standard InChI is InChI=1S/C12H11BrN2OS/c1-2-8-5-6-10(17-8)12(16)15-9-4-3-7-14-11(9)13/h3-7H,2H2,1H3,(H,15,16). The van der Waals surface area contributed by atoms with Crippen molar-refractivity contribution in [3.05, 3.63) is 44.8 Å². The Kier molecular flexibility index (Phi) is 3.91. The number of amides is 1. The summed E-state index contributed by atoms with van der Waals surface area (Å²) in [5.74, 6) is -0.0941. The summed E-state index contributed by atoms with van der Waals surface area (Å²) < 4.78 is 0.639. The van der Waals surface area contributed by atoms with E-state index in [1.54, 1.807) is 12.3 Å². The normalized spacial score (nSPS) is 10.2. The topological polar surface area (TPSA) is 42.0 Å². The van der Waals surface area contributed by atoms with Crippen LogP contribution in [0.25, 0.3) is 0 Å². The van der Waals surface area contributed by atoms with Gasteiger partial charge in [0.15, 0.2) is 0 Å². The van der Waals surface area contributed by atoms with Crippen molar-refractivity contribution in [2.75, 3.05) is 5.32 Å². The van der Waals surface area contributed by atoms with Crippen LogP contribution in [0.3, 0.4) is 0 Å². The highest BCUT2D eigenvalue weighted by atomic mass is 79.9. The maximum Gasteiger partial charge on any atom is 0.265 e. The van der Waals surface area contributed by atoms with Crippen molar-refractivity contribution in [3.63, 3.8) is 0 Å². The molecule has 0 unspecified atom stereocenters. The molecular weight excluding hydrogens is 300 g/mol. The highest BCUT2D eigenvalue weighted by Gasteiger charge is 2.10. The van der Waals surface area contributed by atoms with Crippen molar-refractivity contribution in [2.24, 2.45) is 0 Å². The van der Waals surface area contributed by atoms with Gasteiger partial charge in [-0.05, 0) is 46.6 Å². The van der Waals surface area contributed by atoms with Crippen LogP contribution in [0, 0.1) is 0 Å². The van der Waals surface area contributed by atoms with Gasteiger partial charge in [-0.2, -0.15) is 0 Å². The highest BCUT2D eigenvalue weighted by molar-refractivity contribution is 9.10. The van der Waals surface area contributed by atoms with Gasteiger partial charge >= 0.3 is 0 Å². The molecule has 0 saturated carbocycles. The molecule has 0 radical (unpaired) electrons. The predicted octanol–water partition coefficient (Wildman–Crippen LogP) is 3.72. The van der Waals surface area contributed by atoms with Crippen molar-refractivity contribution < 1.29 is 4.79 Å². The first kappa shape index (κ1) is 12.3. The molecule has 17 heavy (non-hydrogen) atoms. The molecule has 0 aliphatic carbocycles. The Labute approximate surface area is 112 Å². The lowest BCUT2D eigenvalue weighted by atomic mass is 10.3. The molecule has 3 nitrogen and oxygen atoms in total. The van der Waals surface area contributed by atoms with Gasteiger partial charge in [-0.15, -0.1) is 11.3 Å². The first-order valence-electron chi connectivity index (χ1n) is 5.21. The second-order valence-corrected chi connectivity index (χ2v) is 5.33. The monoisotopic (exact) mass is 310 g/mol. The van der Waals surface area contributed by atoms with E-state index in [2.05, 4.69) is 33.2 Å². The highest BCUT2D eigenvalue weighted by Crippen LogP contribution is 2.22. The van der Waals surface area contributed by atoms with Crippen LogP contribution >= 0.6 is 27.3 Å². The summed E-state index contributed by atoms with van der Waals surface area (Å²) in [5.41, 5.74) is 0.684. The molecule has 0 spiro atoms. The lowest BCUT2D eigenvalue weighted by Crippen LogP contribution is -2.10. The number of nitrogens with one attached hydrogen (secondary N) is 1. The van der Waals surface area contributed by atoms with Crippen LogP contribution in [0.15, 0.2) is 35.1 Å². The zero-order valence-corrected chi connectivity index (χ0v) is 11.6. The van der Waals surface area contributed by atoms with Crippen LogP contribution in [-0.2, 0) is 6.42 Å². The first-order chi connectivity index (χ1) is 8.20. The molecule has 1 N–H and O–H groups in total. The number of hydrogen-bond acceptors (Lipinski definition) is 3. The Balaban J connectivity index is 2.14. The smallest absolute Gasteiger partial charge is 0.265 e. The van der Waals surface area contributed by atoms with Gasteiger partial charge in [-0.25, -0.2) is 4.98 Å². The first-order valence-corrected chi connectivity index (χ1v) is 6.82. The van der Waals surface area contributed by atoms with Crippen molar-refractivity contribution in [3.8, 4) is 0 Å². The number of nitrogens with zero attached hydrogens (tertiary/aromatic N) is 1. The predicted molar refractivity (Wildman–Crippen MR) is 73.6 cm³/mol. The fraction of sp³-hybridized carbons (Fsp3) is 0.167. The Morgan fingerprint density at radius 1 is 1.47 bits per heavy atom. The molecule has 2 rings (SSSR count). The Bertz CT molecular complexity index is 539. The second-order valence-electron chi connectivity index (χ2n) is 3.42. The van der Waals surface area contributed by atoms with Gasteiger partial charge < -0.3 is 5.32 Å². The quantitative estimate of drug-likeness (QED) is 0.878. The van der Waals surface area contributed by atoms with Crippen molar-refractivity contribution in [1.82, 2.24) is 4.98 Å². The molecule has 0 fully saturated rings. The van der Waals surface area contributed by atoms with Crippen LogP contribution in [0.1, 0.15) is 21.5 Å². The van der Waals surface area contributed by atoms with Gasteiger partial charge in [-0.3, -0.25) is 4.79 Å². The second kappa shape index (κ2) is 5.42. The number of rotatable bonds is 3. The summed E-state index contributed by atoms with van der Waals surface area (Å²) in [6.45, 7) is 2.07. The minimum absolute atomic E-state index is 0.0941. The van der Waals surface area contributed by atoms with Crippen LogP contribution in [-0.4, -0.2) is 10.9 Å². The third-order valence-corrected chi connectivity index (χ3v) is 4.10. The number of carbonyl (C=O) groups excluding carboxylic acids is 1. The van der Waals surface area contributed by atoms with E-state index in [0.717, 1.165) is 11.3 Å². The molecule has 2 aromatic rings. The summed E-state index contributed by atoms with van der Waals surface area (Å²) in [7, 11) is 0. The third-order valence-electron chi connectivity index (χ3n) is 2.24. The summed E-state index contributed by atoms with van der Waals surface area (Å²) in [6.07, 6.45) is 2.62. The summed E-state index contributed by atoms with van der Waals surface area (Å²) in [4.78, 5) is 17.9. The average molecular weight is 311 g/mol. The van der Waals surface area contributed by atoms with Crippen molar-refractivity contribution in [2.45, 2.75) is 13.3 Å². The molecule has 0 atom stereocenters. The summed E-state index contributed by atoms with van der Waals surface area (Å²) >= 11 is 4.81. The largest absolute Gasteiger partial charge is 0.319 e. The number of hydrogen-bond donors (Lipinski definition) is 1. The number of aromatic nitrogens is 1. The van der Waals surface area contributed by atoms with E-state index in [-0.39, 0.29) is 5.91 Å². The van der Waals surface area contributed by atoms with Crippen molar-refractivity contribution >= 4 is 38.9 Å². The van der Waals surface area contributed by atoms with Gasteiger partial charge in [0.25, 0.3) is 5.91 Å².